The van der Waals surface area contributed by atoms with Crippen LogP contribution in [0.3, 0.4) is 0 Å². The molecule has 0 aliphatic carbocycles. The lowest BCUT2D eigenvalue weighted by atomic mass is 10.1. The largest absolute Gasteiger partial charge is 0.472 e. The molecular weight excluding hydrogens is 667 g/mol. The molecule has 0 amide bonds. The highest BCUT2D eigenvalue weighted by molar-refractivity contribution is 7.47. The number of allylic oxidation sites excluding steroid dienone is 4. The Labute approximate surface area is 312 Å². The Morgan fingerprint density at radius 2 is 0.941 bits per heavy atom. The van der Waals surface area contributed by atoms with Crippen molar-refractivity contribution in [3.63, 3.8) is 0 Å². The lowest BCUT2D eigenvalue weighted by Gasteiger charge is -2.19. The van der Waals surface area contributed by atoms with E-state index in [0.29, 0.717) is 12.8 Å². The molecule has 2 atom stereocenters. The van der Waals surface area contributed by atoms with E-state index in [4.69, 9.17) is 19.1 Å². The van der Waals surface area contributed by atoms with Gasteiger partial charge in [-0.2, -0.15) is 0 Å². The molecule has 0 radical (unpaired) electrons. The molecular formula is C41H77O9P. The average molecular weight is 745 g/mol. The summed E-state index contributed by atoms with van der Waals surface area (Å²) in [7, 11) is -4.45. The van der Waals surface area contributed by atoms with Gasteiger partial charge in [0.2, 0.25) is 0 Å². The third-order valence-electron chi connectivity index (χ3n) is 8.78. The fourth-order valence-corrected chi connectivity index (χ4v) is 6.41. The highest BCUT2D eigenvalue weighted by Crippen LogP contribution is 2.43. The van der Waals surface area contributed by atoms with Gasteiger partial charge in [-0.25, -0.2) is 4.57 Å². The van der Waals surface area contributed by atoms with Crippen molar-refractivity contribution in [3.8, 4) is 0 Å². The molecule has 300 valence electrons. The highest BCUT2D eigenvalue weighted by Gasteiger charge is 2.26. The average Bonchev–Trinajstić information content (AvgIpc) is 3.11. The number of aliphatic hydroxyl groups is 1. The van der Waals surface area contributed by atoms with Crippen molar-refractivity contribution in [1.82, 2.24) is 0 Å². The molecule has 0 bridgehead atoms. The summed E-state index contributed by atoms with van der Waals surface area (Å²) in [5.41, 5.74) is 0. The van der Waals surface area contributed by atoms with Crippen molar-refractivity contribution in [2.24, 2.45) is 0 Å². The van der Waals surface area contributed by atoms with Crippen LogP contribution in [-0.4, -0.2) is 54.5 Å². The van der Waals surface area contributed by atoms with Crippen LogP contribution >= 0.6 is 7.82 Å². The van der Waals surface area contributed by atoms with Crippen molar-refractivity contribution >= 4 is 19.8 Å². The predicted molar refractivity (Wildman–Crippen MR) is 209 cm³/mol. The quantitative estimate of drug-likeness (QED) is 0.0273. The maximum Gasteiger partial charge on any atom is 0.472 e. The second kappa shape index (κ2) is 38.2. The second-order valence-corrected chi connectivity index (χ2v) is 15.2. The third-order valence-corrected chi connectivity index (χ3v) is 9.77. The molecule has 0 aliphatic rings. The van der Waals surface area contributed by atoms with Gasteiger partial charge in [-0.1, -0.05) is 141 Å². The number of phosphoric acid groups is 1. The van der Waals surface area contributed by atoms with Crippen molar-refractivity contribution in [2.45, 2.75) is 200 Å². The molecule has 9 nitrogen and oxygen atoms in total. The minimum atomic E-state index is -4.45. The van der Waals surface area contributed by atoms with E-state index in [-0.39, 0.29) is 26.1 Å². The first-order chi connectivity index (χ1) is 24.8. The number of rotatable bonds is 39. The van der Waals surface area contributed by atoms with Crippen LogP contribution in [-0.2, 0) is 32.7 Å². The van der Waals surface area contributed by atoms with Crippen LogP contribution in [0.15, 0.2) is 24.3 Å². The molecule has 0 fully saturated rings. The topological polar surface area (TPSA) is 129 Å². The van der Waals surface area contributed by atoms with E-state index >= 15 is 0 Å². The number of unbranched alkanes of at least 4 members (excludes halogenated alkanes) is 22. The zero-order valence-corrected chi connectivity index (χ0v) is 33.6. The molecule has 0 saturated heterocycles. The maximum absolute atomic E-state index is 12.5. The van der Waals surface area contributed by atoms with E-state index in [1.165, 1.54) is 89.9 Å². The number of esters is 2. The number of ether oxygens (including phenoxy) is 2. The number of aliphatic hydroxyl groups excluding tert-OH is 1. The smallest absolute Gasteiger partial charge is 0.462 e. The van der Waals surface area contributed by atoms with Gasteiger partial charge < -0.3 is 19.5 Å². The lowest BCUT2D eigenvalue weighted by Crippen LogP contribution is -2.29. The summed E-state index contributed by atoms with van der Waals surface area (Å²) < 4.78 is 32.4. The summed E-state index contributed by atoms with van der Waals surface area (Å²) in [5.74, 6) is -0.881. The zero-order valence-electron chi connectivity index (χ0n) is 32.7. The van der Waals surface area contributed by atoms with Gasteiger partial charge in [0.25, 0.3) is 0 Å². The minimum absolute atomic E-state index is 0.204. The van der Waals surface area contributed by atoms with Crippen LogP contribution in [0.5, 0.6) is 0 Å². The van der Waals surface area contributed by atoms with Gasteiger partial charge in [0.15, 0.2) is 6.10 Å². The van der Waals surface area contributed by atoms with Crippen LogP contribution in [0.2, 0.25) is 0 Å². The van der Waals surface area contributed by atoms with Gasteiger partial charge in [-0.15, -0.1) is 0 Å². The Kier molecular flexibility index (Phi) is 37.1. The second-order valence-electron chi connectivity index (χ2n) is 13.8. The van der Waals surface area contributed by atoms with E-state index in [2.05, 4.69) is 42.7 Å². The van der Waals surface area contributed by atoms with Gasteiger partial charge in [0, 0.05) is 12.8 Å². The molecule has 0 aliphatic heterocycles. The Morgan fingerprint density at radius 1 is 0.549 bits per heavy atom. The molecule has 0 aromatic rings. The van der Waals surface area contributed by atoms with Crippen molar-refractivity contribution in [3.05, 3.63) is 24.3 Å². The SMILES string of the molecule is CCCCCCCCC=CCCCCCCCC(=O)OC[C@H](COP(=O)(O)OCCO)OC(=O)CCCCCCCC=CCCCCCCCC. The van der Waals surface area contributed by atoms with Gasteiger partial charge in [-0.3, -0.25) is 18.6 Å². The monoisotopic (exact) mass is 745 g/mol. The van der Waals surface area contributed by atoms with E-state index in [0.717, 1.165) is 64.2 Å². The fraction of sp³-hybridized carbons (Fsp3) is 0.854. The lowest BCUT2D eigenvalue weighted by molar-refractivity contribution is -0.161. The fourth-order valence-electron chi connectivity index (χ4n) is 5.67. The summed E-state index contributed by atoms with van der Waals surface area (Å²) in [5, 5.41) is 8.86. The summed E-state index contributed by atoms with van der Waals surface area (Å²) >= 11 is 0. The molecule has 0 rings (SSSR count). The van der Waals surface area contributed by atoms with Crippen molar-refractivity contribution < 1.29 is 42.7 Å². The number of carbonyl (C=O) groups excluding carboxylic acids is 2. The summed E-state index contributed by atoms with van der Waals surface area (Å²) in [4.78, 5) is 34.7. The first-order valence-corrected chi connectivity index (χ1v) is 22.2. The molecule has 0 aromatic carbocycles. The van der Waals surface area contributed by atoms with Crippen LogP contribution in [0.25, 0.3) is 0 Å². The van der Waals surface area contributed by atoms with Crippen LogP contribution in [0.4, 0.5) is 0 Å². The molecule has 51 heavy (non-hydrogen) atoms. The van der Waals surface area contributed by atoms with Crippen molar-refractivity contribution in [1.29, 1.82) is 0 Å². The Hall–Kier alpha value is -1.51. The van der Waals surface area contributed by atoms with Crippen LogP contribution in [0, 0.1) is 0 Å². The van der Waals surface area contributed by atoms with E-state index in [9.17, 15) is 19.0 Å². The molecule has 1 unspecified atom stereocenters. The van der Waals surface area contributed by atoms with Gasteiger partial charge >= 0.3 is 19.8 Å². The number of hydrogen-bond acceptors (Lipinski definition) is 8. The first-order valence-electron chi connectivity index (χ1n) is 20.7. The molecule has 0 saturated carbocycles. The number of phosphoric ester groups is 1. The molecule has 2 N–H and O–H groups in total. The van der Waals surface area contributed by atoms with Gasteiger partial charge in [0.05, 0.1) is 19.8 Å². The minimum Gasteiger partial charge on any atom is -0.462 e. The predicted octanol–water partition coefficient (Wildman–Crippen LogP) is 11.6. The Balaban J connectivity index is 4.20. The number of hydrogen-bond donors (Lipinski definition) is 2. The summed E-state index contributed by atoms with van der Waals surface area (Å²) in [6.45, 7) is 2.91. The Bertz CT molecular complexity index is 892. The molecule has 0 aromatic heterocycles. The van der Waals surface area contributed by atoms with Gasteiger partial charge in [0.1, 0.15) is 6.61 Å². The van der Waals surface area contributed by atoms with Crippen LogP contribution in [0.1, 0.15) is 194 Å². The summed E-state index contributed by atoms with van der Waals surface area (Å²) in [6, 6.07) is 0. The van der Waals surface area contributed by atoms with E-state index < -0.39 is 39.1 Å². The Morgan fingerprint density at radius 3 is 1.37 bits per heavy atom. The highest BCUT2D eigenvalue weighted by atomic mass is 31.2. The van der Waals surface area contributed by atoms with E-state index in [1.807, 2.05) is 0 Å². The maximum atomic E-state index is 12.5. The molecule has 0 heterocycles. The molecule has 10 heteroatoms. The zero-order chi connectivity index (χ0) is 37.5. The van der Waals surface area contributed by atoms with Gasteiger partial charge in [-0.05, 0) is 64.2 Å². The summed E-state index contributed by atoms with van der Waals surface area (Å²) in [6.07, 6.45) is 38.9. The molecule has 0 spiro atoms. The first kappa shape index (κ1) is 49.5. The third kappa shape index (κ3) is 38.0. The van der Waals surface area contributed by atoms with Crippen LogP contribution < -0.4 is 0 Å². The van der Waals surface area contributed by atoms with E-state index in [1.54, 1.807) is 0 Å². The van der Waals surface area contributed by atoms with Crippen molar-refractivity contribution in [2.75, 3.05) is 26.4 Å². The standard InChI is InChI=1S/C41H77O9P/c1-3-5-7-9-11-13-15-17-19-21-23-25-27-29-31-33-40(43)47-37-39(38-49-51(45,46)48-36-35-42)50-41(44)34-32-30-28-26-24-22-20-18-16-14-12-10-8-6-4-2/h17-20,39,42H,3-16,21-38H2,1-2H3,(H,45,46)/t39-/m1/s1. The number of carbonyl (C=O) groups is 2. The normalized spacial score (nSPS) is 13.6.